The number of ether oxygens (including phenoxy) is 1. The van der Waals surface area contributed by atoms with E-state index in [-0.39, 0.29) is 12.1 Å². The van der Waals surface area contributed by atoms with Gasteiger partial charge in [-0.15, -0.1) is 0 Å². The fourth-order valence-corrected chi connectivity index (χ4v) is 3.91. The van der Waals surface area contributed by atoms with Crippen LogP contribution in [0.4, 0.5) is 16.3 Å². The minimum absolute atomic E-state index is 0.131. The fourth-order valence-electron chi connectivity index (χ4n) is 3.61. The van der Waals surface area contributed by atoms with E-state index in [1.807, 2.05) is 18.2 Å². The Morgan fingerprint density at radius 1 is 1.28 bits per heavy atom. The zero-order valence-electron chi connectivity index (χ0n) is 16.2. The summed E-state index contributed by atoms with van der Waals surface area (Å²) in [4.78, 5) is 23.2. The molecule has 0 spiro atoms. The summed E-state index contributed by atoms with van der Waals surface area (Å²) < 4.78 is 5.40. The molecule has 0 aliphatic carbocycles. The predicted octanol–water partition coefficient (Wildman–Crippen LogP) is 2.51. The van der Waals surface area contributed by atoms with Gasteiger partial charge in [-0.3, -0.25) is 10.3 Å². The summed E-state index contributed by atoms with van der Waals surface area (Å²) in [6, 6.07) is 5.71. The van der Waals surface area contributed by atoms with Crippen LogP contribution in [0.5, 0.6) is 0 Å². The molecule has 1 aromatic heterocycles. The molecule has 2 fully saturated rings. The fraction of sp³-hybridized carbons (Fsp3) is 0.450. The Morgan fingerprint density at radius 3 is 2.90 bits per heavy atom. The third kappa shape index (κ3) is 5.14. The highest BCUT2D eigenvalue weighted by Gasteiger charge is 2.17. The summed E-state index contributed by atoms with van der Waals surface area (Å²) >= 11 is 6.53. The topological polar surface area (TPSA) is 91.4 Å². The van der Waals surface area contributed by atoms with Gasteiger partial charge in [-0.2, -0.15) is 0 Å². The van der Waals surface area contributed by atoms with Gasteiger partial charge in [0.1, 0.15) is 0 Å². The van der Waals surface area contributed by atoms with Crippen LogP contribution < -0.4 is 20.9 Å². The number of benzene rings is 1. The zero-order chi connectivity index (χ0) is 20.1. The molecule has 1 atom stereocenters. The number of halogens is 1. The second kappa shape index (κ2) is 9.39. The molecular weight excluding hydrogens is 392 g/mol. The molecule has 8 nitrogen and oxygen atoms in total. The predicted molar refractivity (Wildman–Crippen MR) is 114 cm³/mol. The maximum Gasteiger partial charge on any atom is 0.320 e. The van der Waals surface area contributed by atoms with Crippen LogP contribution >= 0.6 is 11.6 Å². The van der Waals surface area contributed by atoms with Gasteiger partial charge in [0, 0.05) is 31.2 Å². The van der Waals surface area contributed by atoms with Crippen molar-refractivity contribution in [2.45, 2.75) is 18.9 Å². The lowest BCUT2D eigenvalue weighted by atomic mass is 10.1. The molecule has 9 heteroatoms. The van der Waals surface area contributed by atoms with E-state index in [0.29, 0.717) is 29.7 Å². The molecule has 1 aromatic carbocycles. The van der Waals surface area contributed by atoms with Gasteiger partial charge >= 0.3 is 6.03 Å². The SMILES string of the molecule is O=C(Nc1cncc(-c2ccc(N3CCOCC3)c(Cl)c2)n1)N[C@H]1CCCNC1. The van der Waals surface area contributed by atoms with Crippen LogP contribution in [0.25, 0.3) is 11.3 Å². The maximum atomic E-state index is 12.2. The van der Waals surface area contributed by atoms with Gasteiger partial charge in [0.2, 0.25) is 0 Å². The molecule has 2 aliphatic heterocycles. The van der Waals surface area contributed by atoms with Crippen molar-refractivity contribution in [3.05, 3.63) is 35.6 Å². The van der Waals surface area contributed by atoms with Gasteiger partial charge in [0.25, 0.3) is 0 Å². The Balaban J connectivity index is 1.43. The minimum atomic E-state index is -0.272. The largest absolute Gasteiger partial charge is 0.378 e. The van der Waals surface area contributed by atoms with Gasteiger partial charge in [0.05, 0.1) is 42.0 Å². The van der Waals surface area contributed by atoms with Crippen molar-refractivity contribution in [2.75, 3.05) is 49.6 Å². The number of urea groups is 1. The van der Waals surface area contributed by atoms with Crippen molar-refractivity contribution < 1.29 is 9.53 Å². The molecule has 3 heterocycles. The molecule has 0 radical (unpaired) electrons. The van der Waals surface area contributed by atoms with E-state index in [1.54, 1.807) is 6.20 Å². The molecule has 0 bridgehead atoms. The highest BCUT2D eigenvalue weighted by atomic mass is 35.5. The number of rotatable bonds is 4. The van der Waals surface area contributed by atoms with Crippen molar-refractivity contribution in [3.8, 4) is 11.3 Å². The summed E-state index contributed by atoms with van der Waals surface area (Å²) in [5, 5.41) is 9.67. The molecule has 4 rings (SSSR count). The van der Waals surface area contributed by atoms with Crippen LogP contribution in [0.3, 0.4) is 0 Å². The van der Waals surface area contributed by atoms with Crippen molar-refractivity contribution >= 4 is 29.1 Å². The second-order valence-electron chi connectivity index (χ2n) is 7.20. The molecule has 0 saturated carbocycles. The highest BCUT2D eigenvalue weighted by molar-refractivity contribution is 6.33. The lowest BCUT2D eigenvalue weighted by molar-refractivity contribution is 0.122. The molecule has 2 saturated heterocycles. The Hall–Kier alpha value is -2.42. The number of carbonyl (C=O) groups excluding carboxylic acids is 1. The number of carbonyl (C=O) groups is 1. The van der Waals surface area contributed by atoms with Crippen LogP contribution in [-0.2, 0) is 4.74 Å². The molecular formula is C20H25ClN6O2. The number of nitrogens with one attached hydrogen (secondary N) is 3. The number of hydrogen-bond acceptors (Lipinski definition) is 6. The average molecular weight is 417 g/mol. The molecule has 0 unspecified atom stereocenters. The second-order valence-corrected chi connectivity index (χ2v) is 7.60. The zero-order valence-corrected chi connectivity index (χ0v) is 16.9. The van der Waals surface area contributed by atoms with Crippen LogP contribution in [0.2, 0.25) is 5.02 Å². The Morgan fingerprint density at radius 2 is 2.14 bits per heavy atom. The number of nitrogens with zero attached hydrogens (tertiary/aromatic N) is 3. The summed E-state index contributed by atoms with van der Waals surface area (Å²) in [6.45, 7) is 4.84. The normalized spacial score (nSPS) is 19.6. The van der Waals surface area contributed by atoms with E-state index in [1.165, 1.54) is 6.20 Å². The Bertz CT molecular complexity index is 853. The summed E-state index contributed by atoms with van der Waals surface area (Å²) in [5.41, 5.74) is 2.49. The highest BCUT2D eigenvalue weighted by Crippen LogP contribution is 2.31. The first-order valence-electron chi connectivity index (χ1n) is 9.92. The van der Waals surface area contributed by atoms with Crippen LogP contribution in [0, 0.1) is 0 Å². The molecule has 2 aromatic rings. The van der Waals surface area contributed by atoms with Gasteiger partial charge in [-0.1, -0.05) is 17.7 Å². The third-order valence-corrected chi connectivity index (χ3v) is 5.41. The summed E-state index contributed by atoms with van der Waals surface area (Å²) in [7, 11) is 0. The lowest BCUT2D eigenvalue weighted by Gasteiger charge is -2.29. The number of aromatic nitrogens is 2. The van der Waals surface area contributed by atoms with Crippen LogP contribution in [0.1, 0.15) is 12.8 Å². The first-order chi connectivity index (χ1) is 14.2. The first-order valence-corrected chi connectivity index (χ1v) is 10.3. The van der Waals surface area contributed by atoms with E-state index in [0.717, 1.165) is 50.3 Å². The Kier molecular flexibility index (Phi) is 6.43. The van der Waals surface area contributed by atoms with Crippen molar-refractivity contribution in [3.63, 3.8) is 0 Å². The smallest absolute Gasteiger partial charge is 0.320 e. The van der Waals surface area contributed by atoms with Crippen molar-refractivity contribution in [1.82, 2.24) is 20.6 Å². The standard InChI is InChI=1S/C20H25ClN6O2/c21-16-10-14(3-4-18(16)27-6-8-29-9-7-27)17-12-23-13-19(25-17)26-20(28)24-15-2-1-5-22-11-15/h3-4,10,12-13,15,22H,1-2,5-9,11H2,(H2,24,25,26,28)/t15-/m0/s1. The molecule has 2 aliphatic rings. The van der Waals surface area contributed by atoms with Gasteiger partial charge in [-0.25, -0.2) is 9.78 Å². The Labute approximate surface area is 175 Å². The van der Waals surface area contributed by atoms with E-state index in [9.17, 15) is 4.79 Å². The summed E-state index contributed by atoms with van der Waals surface area (Å²) in [6.07, 6.45) is 5.22. The molecule has 154 valence electrons. The van der Waals surface area contributed by atoms with Gasteiger partial charge in [0.15, 0.2) is 5.82 Å². The van der Waals surface area contributed by atoms with E-state index in [4.69, 9.17) is 16.3 Å². The third-order valence-electron chi connectivity index (χ3n) is 5.10. The average Bonchev–Trinajstić information content (AvgIpc) is 2.75. The number of morpholine rings is 1. The van der Waals surface area contributed by atoms with Crippen LogP contribution in [0.15, 0.2) is 30.6 Å². The van der Waals surface area contributed by atoms with Gasteiger partial charge in [-0.05, 0) is 31.5 Å². The quantitative estimate of drug-likeness (QED) is 0.709. The minimum Gasteiger partial charge on any atom is -0.378 e. The number of anilines is 2. The maximum absolute atomic E-state index is 12.2. The van der Waals surface area contributed by atoms with E-state index >= 15 is 0 Å². The first kappa shape index (κ1) is 19.9. The van der Waals surface area contributed by atoms with E-state index in [2.05, 4.69) is 30.8 Å². The number of piperidine rings is 1. The molecule has 2 amide bonds. The number of amides is 2. The summed E-state index contributed by atoms with van der Waals surface area (Å²) in [5.74, 6) is 0.400. The number of hydrogen-bond donors (Lipinski definition) is 3. The van der Waals surface area contributed by atoms with Crippen LogP contribution in [-0.4, -0.2) is 61.4 Å². The van der Waals surface area contributed by atoms with Gasteiger partial charge < -0.3 is 20.3 Å². The molecule has 29 heavy (non-hydrogen) atoms. The monoisotopic (exact) mass is 416 g/mol. The molecule has 3 N–H and O–H groups in total. The lowest BCUT2D eigenvalue weighted by Crippen LogP contribution is -2.47. The van der Waals surface area contributed by atoms with E-state index < -0.39 is 0 Å². The van der Waals surface area contributed by atoms with Crippen molar-refractivity contribution in [2.24, 2.45) is 0 Å². The van der Waals surface area contributed by atoms with Crippen molar-refractivity contribution in [1.29, 1.82) is 0 Å².